The number of nitrogens with zero attached hydrogens (tertiary/aromatic N) is 2. The maximum Gasteiger partial charge on any atom is 0.306 e. The first-order chi connectivity index (χ1) is 10.2. The third-order valence-electron chi connectivity index (χ3n) is 4.66. The number of hydrogen-bond donors (Lipinski definition) is 1. The second-order valence-electron chi connectivity index (χ2n) is 5.95. The highest BCUT2D eigenvalue weighted by Gasteiger charge is 2.31. The number of carbonyl (C=O) groups excluding carboxylic acids is 1. The number of likely N-dealkylation sites (tertiary alicyclic amines) is 1. The van der Waals surface area contributed by atoms with Crippen LogP contribution >= 0.6 is 11.3 Å². The zero-order valence-electron chi connectivity index (χ0n) is 12.0. The fraction of sp³-hybridized carbons (Fsp3) is 0.667. The Balaban J connectivity index is 1.69. The van der Waals surface area contributed by atoms with Crippen molar-refractivity contribution in [2.24, 2.45) is 5.92 Å². The van der Waals surface area contributed by atoms with E-state index in [-0.39, 0.29) is 11.8 Å². The number of hydrogen-bond acceptors (Lipinski definition) is 4. The Kier molecular flexibility index (Phi) is 4.24. The molecule has 1 aliphatic heterocycles. The van der Waals surface area contributed by atoms with Gasteiger partial charge in [0.2, 0.25) is 0 Å². The average Bonchev–Trinajstić information content (AvgIpc) is 3.17. The second kappa shape index (κ2) is 6.13. The molecule has 1 amide bonds. The van der Waals surface area contributed by atoms with E-state index in [1.165, 1.54) is 24.2 Å². The molecule has 0 bridgehead atoms. The molecule has 1 aromatic rings. The molecule has 0 radical (unpaired) electrons. The molecule has 0 unspecified atom stereocenters. The Hall–Kier alpha value is -1.43. The summed E-state index contributed by atoms with van der Waals surface area (Å²) in [6.45, 7) is 1.08. The van der Waals surface area contributed by atoms with Crippen molar-refractivity contribution in [1.29, 1.82) is 0 Å². The fourth-order valence-corrected chi connectivity index (χ4v) is 4.22. The Morgan fingerprint density at radius 2 is 1.86 bits per heavy atom. The first kappa shape index (κ1) is 14.5. The average molecular weight is 308 g/mol. The Bertz CT molecular complexity index is 529. The zero-order valence-corrected chi connectivity index (χ0v) is 12.8. The van der Waals surface area contributed by atoms with Gasteiger partial charge in [-0.1, -0.05) is 12.8 Å². The van der Waals surface area contributed by atoms with Gasteiger partial charge >= 0.3 is 5.97 Å². The number of aliphatic carboxylic acids is 1. The van der Waals surface area contributed by atoms with E-state index < -0.39 is 5.97 Å². The van der Waals surface area contributed by atoms with Gasteiger partial charge in [0.05, 0.1) is 17.1 Å². The molecule has 1 N–H and O–H groups in total. The molecule has 21 heavy (non-hydrogen) atoms. The number of aromatic nitrogens is 1. The van der Waals surface area contributed by atoms with E-state index >= 15 is 0 Å². The predicted octanol–water partition coefficient (Wildman–Crippen LogP) is 2.74. The predicted molar refractivity (Wildman–Crippen MR) is 79.6 cm³/mol. The standard InChI is InChI=1S/C15H20N2O3S/c18-14(17-7-5-11(6-8-17)15(19)20)13-12(16-9-21-13)10-3-1-2-4-10/h9-11H,1-8H2,(H,19,20). The van der Waals surface area contributed by atoms with Crippen molar-refractivity contribution in [3.8, 4) is 0 Å². The summed E-state index contributed by atoms with van der Waals surface area (Å²) in [6, 6.07) is 0. The van der Waals surface area contributed by atoms with E-state index in [2.05, 4.69) is 4.98 Å². The summed E-state index contributed by atoms with van der Waals surface area (Å²) in [5.74, 6) is -0.564. The molecule has 0 aromatic carbocycles. The summed E-state index contributed by atoms with van der Waals surface area (Å²) in [5, 5.41) is 9.02. The second-order valence-corrected chi connectivity index (χ2v) is 6.81. The molecule has 3 rings (SSSR count). The number of carboxylic acid groups (broad SMARTS) is 1. The number of thiazole rings is 1. The SMILES string of the molecule is O=C(O)C1CCN(C(=O)c2scnc2C2CCCC2)CC1. The van der Waals surface area contributed by atoms with Crippen LogP contribution in [-0.4, -0.2) is 40.0 Å². The van der Waals surface area contributed by atoms with Crippen LogP contribution in [0.1, 0.15) is 59.8 Å². The molecule has 6 heteroatoms. The zero-order chi connectivity index (χ0) is 14.8. The van der Waals surface area contributed by atoms with E-state index in [1.807, 2.05) is 0 Å². The molecular formula is C15H20N2O3S. The number of rotatable bonds is 3. The van der Waals surface area contributed by atoms with E-state index in [9.17, 15) is 9.59 Å². The molecule has 0 spiro atoms. The first-order valence-corrected chi connectivity index (χ1v) is 8.50. The summed E-state index contributed by atoms with van der Waals surface area (Å²) in [7, 11) is 0. The molecule has 1 saturated carbocycles. The normalized spacial score (nSPS) is 20.9. The number of carbonyl (C=O) groups is 2. The summed E-state index contributed by atoms with van der Waals surface area (Å²) in [4.78, 5) is 30.6. The smallest absolute Gasteiger partial charge is 0.306 e. The summed E-state index contributed by atoms with van der Waals surface area (Å²) < 4.78 is 0. The molecule has 5 nitrogen and oxygen atoms in total. The Morgan fingerprint density at radius 1 is 1.19 bits per heavy atom. The minimum atomic E-state index is -0.744. The lowest BCUT2D eigenvalue weighted by Gasteiger charge is -2.30. The summed E-state index contributed by atoms with van der Waals surface area (Å²) >= 11 is 1.43. The molecule has 1 aliphatic carbocycles. The topological polar surface area (TPSA) is 70.5 Å². The highest BCUT2D eigenvalue weighted by molar-refractivity contribution is 7.11. The molecule has 0 atom stereocenters. The first-order valence-electron chi connectivity index (χ1n) is 7.62. The van der Waals surface area contributed by atoms with Gasteiger partial charge in [-0.2, -0.15) is 0 Å². The molecule has 2 fully saturated rings. The van der Waals surface area contributed by atoms with Crippen LogP contribution < -0.4 is 0 Å². The largest absolute Gasteiger partial charge is 0.481 e. The highest BCUT2D eigenvalue weighted by atomic mass is 32.1. The lowest BCUT2D eigenvalue weighted by atomic mass is 9.96. The number of carboxylic acids is 1. The highest BCUT2D eigenvalue weighted by Crippen LogP contribution is 2.36. The van der Waals surface area contributed by atoms with Gasteiger partial charge in [-0.05, 0) is 25.7 Å². The fourth-order valence-electron chi connectivity index (χ4n) is 3.38. The number of amides is 1. The van der Waals surface area contributed by atoms with E-state index in [0.717, 1.165) is 23.4 Å². The Labute approximate surface area is 128 Å². The summed E-state index contributed by atoms with van der Waals surface area (Å²) in [6.07, 6.45) is 5.81. The van der Waals surface area contributed by atoms with Crippen LogP contribution in [-0.2, 0) is 4.79 Å². The van der Waals surface area contributed by atoms with Gasteiger partial charge in [0.15, 0.2) is 0 Å². The van der Waals surface area contributed by atoms with Gasteiger partial charge in [0.1, 0.15) is 4.88 Å². The van der Waals surface area contributed by atoms with E-state index in [1.54, 1.807) is 10.4 Å². The molecular weight excluding hydrogens is 288 g/mol. The van der Waals surface area contributed by atoms with Crippen LogP contribution in [0.15, 0.2) is 5.51 Å². The van der Waals surface area contributed by atoms with Crippen LogP contribution in [0.5, 0.6) is 0 Å². The van der Waals surface area contributed by atoms with Gasteiger partial charge < -0.3 is 10.0 Å². The van der Waals surface area contributed by atoms with E-state index in [4.69, 9.17) is 5.11 Å². The van der Waals surface area contributed by atoms with Crippen molar-refractivity contribution < 1.29 is 14.7 Å². The Morgan fingerprint density at radius 3 is 2.48 bits per heavy atom. The maximum absolute atomic E-state index is 12.7. The van der Waals surface area contributed by atoms with E-state index in [0.29, 0.717) is 31.8 Å². The van der Waals surface area contributed by atoms with Crippen molar-refractivity contribution in [3.63, 3.8) is 0 Å². The van der Waals surface area contributed by atoms with Crippen molar-refractivity contribution in [2.75, 3.05) is 13.1 Å². The number of piperidine rings is 1. The van der Waals surface area contributed by atoms with Crippen molar-refractivity contribution in [2.45, 2.75) is 44.4 Å². The van der Waals surface area contributed by atoms with Gasteiger partial charge in [0, 0.05) is 19.0 Å². The molecule has 114 valence electrons. The van der Waals surface area contributed by atoms with Crippen molar-refractivity contribution >= 4 is 23.2 Å². The van der Waals surface area contributed by atoms with Gasteiger partial charge in [-0.25, -0.2) is 4.98 Å². The van der Waals surface area contributed by atoms with Gasteiger partial charge in [-0.3, -0.25) is 9.59 Å². The quantitative estimate of drug-likeness (QED) is 0.932. The monoisotopic (exact) mass is 308 g/mol. The van der Waals surface area contributed by atoms with Crippen LogP contribution in [0.4, 0.5) is 0 Å². The van der Waals surface area contributed by atoms with Crippen molar-refractivity contribution in [3.05, 3.63) is 16.1 Å². The van der Waals surface area contributed by atoms with Crippen LogP contribution in [0.25, 0.3) is 0 Å². The third kappa shape index (κ3) is 2.95. The lowest BCUT2D eigenvalue weighted by Crippen LogP contribution is -2.40. The summed E-state index contributed by atoms with van der Waals surface area (Å²) in [5.41, 5.74) is 2.74. The minimum absolute atomic E-state index is 0.0447. The maximum atomic E-state index is 12.7. The van der Waals surface area contributed by atoms with Crippen LogP contribution in [0, 0.1) is 5.92 Å². The van der Waals surface area contributed by atoms with Crippen LogP contribution in [0.2, 0.25) is 0 Å². The lowest BCUT2D eigenvalue weighted by molar-refractivity contribution is -0.143. The minimum Gasteiger partial charge on any atom is -0.481 e. The van der Waals surface area contributed by atoms with Crippen LogP contribution in [0.3, 0.4) is 0 Å². The molecule has 1 saturated heterocycles. The third-order valence-corrected chi connectivity index (χ3v) is 5.49. The van der Waals surface area contributed by atoms with Gasteiger partial charge in [0.25, 0.3) is 5.91 Å². The van der Waals surface area contributed by atoms with Gasteiger partial charge in [-0.15, -0.1) is 11.3 Å². The molecule has 2 aliphatic rings. The molecule has 1 aromatic heterocycles. The van der Waals surface area contributed by atoms with Crippen molar-refractivity contribution in [1.82, 2.24) is 9.88 Å². The molecule has 2 heterocycles.